The molecule has 4 amide bonds. The normalized spacial score (nSPS) is 10.6. The fraction of sp³-hybridized carbons (Fsp3) is 0.397. The van der Waals surface area contributed by atoms with Gasteiger partial charge in [0.25, 0.3) is 38.9 Å². The third-order valence-corrected chi connectivity index (χ3v) is 14.5. The summed E-state index contributed by atoms with van der Waals surface area (Å²) in [4.78, 5) is 198. The highest BCUT2D eigenvalue weighted by Gasteiger charge is 2.37. The Morgan fingerprint density at radius 3 is 1.12 bits per heavy atom. The van der Waals surface area contributed by atoms with E-state index in [0.29, 0.717) is 22.0 Å². The number of hydrogen-bond donors (Lipinski definition) is 5. The molecule has 7 aromatic heterocycles. The second-order valence-corrected chi connectivity index (χ2v) is 29.4. The second kappa shape index (κ2) is 46.4. The van der Waals surface area contributed by atoms with Gasteiger partial charge in [0.15, 0.2) is 34.2 Å². The van der Waals surface area contributed by atoms with Gasteiger partial charge in [0.2, 0.25) is 0 Å². The molecule has 0 unspecified atom stereocenters. The Labute approximate surface area is 704 Å². The number of methoxy groups -OCH3 is 6. The summed E-state index contributed by atoms with van der Waals surface area (Å²) in [6, 6.07) is 19.5. The molecule has 656 valence electrons. The van der Waals surface area contributed by atoms with Crippen molar-refractivity contribution in [1.29, 1.82) is 0 Å². The molecular formula is C73H92Br2N18O28. The Hall–Kier alpha value is -13.8. The highest BCUT2D eigenvalue weighted by Crippen LogP contribution is 2.23. The lowest BCUT2D eigenvalue weighted by atomic mass is 10.2. The van der Waals surface area contributed by atoms with Gasteiger partial charge in [-0.3, -0.25) is 33.6 Å². The number of nitrogens with two attached hydrogens (primary N) is 1. The summed E-state index contributed by atoms with van der Waals surface area (Å²) >= 11 is 5.97. The minimum absolute atomic E-state index is 0.0158. The molecule has 0 aliphatic carbocycles. The maximum absolute atomic E-state index is 12.6. The van der Waals surface area contributed by atoms with Crippen LogP contribution in [0.3, 0.4) is 0 Å². The highest BCUT2D eigenvalue weighted by molar-refractivity contribution is 9.10. The fourth-order valence-corrected chi connectivity index (χ4v) is 8.90. The van der Waals surface area contributed by atoms with E-state index in [2.05, 4.69) is 111 Å². The van der Waals surface area contributed by atoms with Crippen LogP contribution in [0.25, 0.3) is 0 Å². The minimum Gasteiger partial charge on any atom is -0.464 e. The number of carbonyl (C=O) groups excluding carboxylic acids is 10. The van der Waals surface area contributed by atoms with Crippen molar-refractivity contribution in [3.8, 4) is 0 Å². The van der Waals surface area contributed by atoms with Crippen molar-refractivity contribution in [2.75, 3.05) is 63.5 Å². The van der Waals surface area contributed by atoms with Crippen LogP contribution in [0, 0.1) is 0 Å². The summed E-state index contributed by atoms with van der Waals surface area (Å²) in [5.74, 6) is -3.78. The highest BCUT2D eigenvalue weighted by atomic mass is 79.9. The number of rotatable bonds is 12. The van der Waals surface area contributed by atoms with Gasteiger partial charge in [-0.05, 0) is 145 Å². The number of ether oxygens (including phenoxy) is 10. The first-order valence-electron chi connectivity index (χ1n) is 34.6. The van der Waals surface area contributed by atoms with Crippen LogP contribution in [-0.4, -0.2) is 200 Å². The van der Waals surface area contributed by atoms with E-state index in [9.17, 15) is 86.6 Å². The first-order chi connectivity index (χ1) is 56.0. The number of hydrogen-bond acceptors (Lipinski definition) is 37. The van der Waals surface area contributed by atoms with Crippen molar-refractivity contribution in [2.24, 2.45) is 35.2 Å². The molecule has 0 saturated carbocycles. The van der Waals surface area contributed by atoms with E-state index in [1.807, 2.05) is 30.3 Å². The lowest BCUT2D eigenvalue weighted by Gasteiger charge is -2.28. The minimum atomic E-state index is -1.13. The SMILES string of the molecule is COC(=O)c1cc(Br)c(=O)[nH]n1.COC(=O)c1cc(Br)c(=O)n(C)n1.COC(=O)c1cc(N(C(=O)OC(C)(C)C)C(=O)OC(C)(C)C)c(=O)n(C)n1.COC(=O)c1cc(N)c(=O)n(C)n1.COC(=O)c1cc(NCc2ccccc2)c(=O)n(C)n1.COC(=O)c1ccc(=O)[nH]n1.Cn1nc(CO)cc(N(C(=O)OC(C)(C)C)C(=O)OC(C)(C)C)c1=O. The van der Waals surface area contributed by atoms with E-state index in [4.69, 9.17) is 24.7 Å². The Kier molecular flexibility index (Phi) is 39.6. The van der Waals surface area contributed by atoms with E-state index in [-0.39, 0.29) is 82.4 Å². The number of carbonyl (C=O) groups is 10. The summed E-state index contributed by atoms with van der Waals surface area (Å²) in [5.41, 5.74) is -0.897. The van der Waals surface area contributed by atoms with E-state index >= 15 is 0 Å². The zero-order chi connectivity index (χ0) is 92.7. The number of nitrogens with zero attached hydrogens (tertiary/aromatic N) is 14. The fourth-order valence-electron chi connectivity index (χ4n) is 8.12. The largest absolute Gasteiger partial charge is 0.464 e. The first kappa shape index (κ1) is 103. The third-order valence-electron chi connectivity index (χ3n) is 13.4. The summed E-state index contributed by atoms with van der Waals surface area (Å²) in [5, 5.41) is 42.2. The van der Waals surface area contributed by atoms with Crippen LogP contribution in [0.2, 0.25) is 0 Å². The summed E-state index contributed by atoms with van der Waals surface area (Å²) < 4.78 is 53.1. The molecule has 48 heteroatoms. The standard InChI is InChI=1S/C17H25N3O7.C16H25N3O6.C14H15N3O3.C7H7BrN2O3.C7H9N3O3.C6H5BrN2O3.C6H6N2O3/c1-16(2,3)26-14(23)20(15(24)27-17(4,5)6)11-9-10(13(22)25-8)18-19(7)12(11)21;1-15(2,3)24-13(22)19(14(23)25-16(4,5)6)11-8-10(9-20)17-18(7)12(11)21;1-17-13(18)11(8-12(16-17)14(19)20-2)15-9-10-6-4-3-5-7-10;2*1-10-6(11)4(8)3-5(9-10)7(12)13-2;1-12-6(11)4-2-3(7)5(10)9-8-4;1-11-6(10)4-2-3-5(9)8-7-4/h9H,1-8H3;8,20H,9H2,1-7H3;3-8,15H,9H2,1-2H3;3H,1-2H3;3H,8H2,1-2H3;2H,1H3,(H,9,10);2-3H,1H3,(H,8,9). The van der Waals surface area contributed by atoms with Crippen LogP contribution in [0.1, 0.15) is 157 Å². The van der Waals surface area contributed by atoms with Gasteiger partial charge < -0.3 is 63.5 Å². The molecule has 0 atom stereocenters. The zero-order valence-electron chi connectivity index (χ0n) is 70.0. The molecule has 121 heavy (non-hydrogen) atoms. The Morgan fingerprint density at radius 1 is 0.413 bits per heavy atom. The molecule has 46 nitrogen and oxygen atoms in total. The quantitative estimate of drug-likeness (QED) is 0.0815. The van der Waals surface area contributed by atoms with Crippen LogP contribution in [0.15, 0.2) is 121 Å². The molecule has 8 aromatic rings. The van der Waals surface area contributed by atoms with E-state index < -0.39 is 112 Å². The number of imide groups is 2. The number of anilines is 4. The maximum atomic E-state index is 12.6. The van der Waals surface area contributed by atoms with Gasteiger partial charge in [-0.15, -0.1) is 0 Å². The molecule has 0 radical (unpaired) electrons. The average molecular weight is 1830 g/mol. The molecule has 6 N–H and O–H groups in total. The number of halogens is 2. The summed E-state index contributed by atoms with van der Waals surface area (Å²) in [7, 11) is 14.3. The van der Waals surface area contributed by atoms with E-state index in [1.54, 1.807) is 83.1 Å². The summed E-state index contributed by atoms with van der Waals surface area (Å²) in [6.45, 7) is 19.4. The van der Waals surface area contributed by atoms with Gasteiger partial charge in [-0.2, -0.15) is 45.5 Å². The molecule has 1 aromatic carbocycles. The van der Waals surface area contributed by atoms with Gasteiger partial charge in [-0.1, -0.05) is 30.3 Å². The Bertz CT molecular complexity index is 5290. The van der Waals surface area contributed by atoms with Crippen molar-refractivity contribution in [1.82, 2.24) is 69.3 Å². The number of aromatic nitrogens is 14. The van der Waals surface area contributed by atoms with Gasteiger partial charge in [0, 0.05) is 66.0 Å². The number of amides is 4. The monoisotopic (exact) mass is 1830 g/mol. The van der Waals surface area contributed by atoms with Crippen molar-refractivity contribution >= 4 is 115 Å². The topological polar surface area (TPSA) is 594 Å². The number of H-pyrrole nitrogens is 2. The van der Waals surface area contributed by atoms with Gasteiger partial charge >= 0.3 is 60.2 Å². The third kappa shape index (κ3) is 34.0. The molecule has 7 heterocycles. The van der Waals surface area contributed by atoms with Crippen molar-refractivity contribution in [3.05, 3.63) is 206 Å². The Balaban J connectivity index is 0.000000491. The van der Waals surface area contributed by atoms with Gasteiger partial charge in [0.05, 0.1) is 63.9 Å². The van der Waals surface area contributed by atoms with Gasteiger partial charge in [-0.25, -0.2) is 81.6 Å². The number of nitrogens with one attached hydrogen (secondary N) is 3. The van der Waals surface area contributed by atoms with E-state index in [1.165, 1.54) is 107 Å². The number of aromatic amines is 2. The molecule has 0 bridgehead atoms. The van der Waals surface area contributed by atoms with E-state index in [0.717, 1.165) is 48.2 Å². The van der Waals surface area contributed by atoms with Crippen molar-refractivity contribution < 1.29 is 100 Å². The predicted octanol–water partition coefficient (Wildman–Crippen LogP) is 4.73. The molecule has 0 saturated heterocycles. The molecule has 0 spiro atoms. The number of nitrogen functional groups attached to an aromatic ring is 1. The van der Waals surface area contributed by atoms with Crippen LogP contribution >= 0.6 is 31.9 Å². The van der Waals surface area contributed by atoms with Crippen LogP contribution in [0.4, 0.5) is 41.9 Å². The molecule has 0 fully saturated rings. The molecule has 8 rings (SSSR count). The lowest BCUT2D eigenvalue weighted by molar-refractivity contribution is 0.0407. The number of aryl methyl sites for hydroxylation is 5. The van der Waals surface area contributed by atoms with Gasteiger partial charge in [0.1, 0.15) is 45.2 Å². The summed E-state index contributed by atoms with van der Waals surface area (Å²) in [6.07, 6.45) is -4.38. The number of aliphatic hydroxyl groups is 1. The number of benzene rings is 1. The molecule has 0 aliphatic rings. The van der Waals surface area contributed by atoms with Crippen LogP contribution < -0.4 is 59.8 Å². The maximum Gasteiger partial charge on any atom is 0.424 e. The Morgan fingerprint density at radius 2 is 0.752 bits per heavy atom. The molecule has 0 aliphatic heterocycles. The average Bonchev–Trinajstić information content (AvgIpc) is 0.789. The van der Waals surface area contributed by atoms with Crippen LogP contribution in [-0.2, 0) is 95.8 Å². The second-order valence-electron chi connectivity index (χ2n) is 27.7. The molecular weight excluding hydrogens is 1740 g/mol. The number of aliphatic hydroxyl groups excluding tert-OH is 1. The smallest absolute Gasteiger partial charge is 0.424 e. The van der Waals surface area contributed by atoms with Crippen molar-refractivity contribution in [2.45, 2.75) is 119 Å². The van der Waals surface area contributed by atoms with Crippen molar-refractivity contribution in [3.63, 3.8) is 0 Å². The van der Waals surface area contributed by atoms with Crippen LogP contribution in [0.5, 0.6) is 0 Å². The predicted molar refractivity (Wildman–Crippen MR) is 435 cm³/mol. The first-order valence-corrected chi connectivity index (χ1v) is 36.2. The lowest BCUT2D eigenvalue weighted by Crippen LogP contribution is -2.46. The number of esters is 6. The zero-order valence-corrected chi connectivity index (χ0v) is 73.2.